The van der Waals surface area contributed by atoms with Crippen molar-refractivity contribution in [2.24, 2.45) is 5.92 Å². The van der Waals surface area contributed by atoms with E-state index in [0.29, 0.717) is 16.6 Å². The number of halogens is 2. The maximum atomic E-state index is 13.3. The Kier molecular flexibility index (Phi) is 6.44. The monoisotopic (exact) mass is 440 g/mol. The van der Waals surface area contributed by atoms with Crippen molar-refractivity contribution < 1.29 is 19.1 Å². The summed E-state index contributed by atoms with van der Waals surface area (Å²) < 4.78 is 5.40. The number of piperidine rings is 1. The van der Waals surface area contributed by atoms with Crippen LogP contribution in [-0.2, 0) is 20.9 Å². The number of amides is 2. The van der Waals surface area contributed by atoms with Crippen LogP contribution in [0.3, 0.4) is 0 Å². The molecule has 1 unspecified atom stereocenters. The summed E-state index contributed by atoms with van der Waals surface area (Å²) in [5.41, 5.74) is 0.105. The molecule has 1 heterocycles. The van der Waals surface area contributed by atoms with Crippen LogP contribution in [-0.4, -0.2) is 52.3 Å². The molecule has 1 aromatic rings. The van der Waals surface area contributed by atoms with Crippen molar-refractivity contribution in [3.05, 3.63) is 33.8 Å². The topological polar surface area (TPSA) is 66.9 Å². The normalized spacial score (nSPS) is 19.8. The van der Waals surface area contributed by atoms with Gasteiger partial charge in [0.2, 0.25) is 5.91 Å². The lowest BCUT2D eigenvalue weighted by Crippen LogP contribution is -2.52. The van der Waals surface area contributed by atoms with Crippen molar-refractivity contribution in [3.63, 3.8) is 0 Å². The first-order valence-corrected chi connectivity index (χ1v) is 10.6. The highest BCUT2D eigenvalue weighted by molar-refractivity contribution is 6.42. The zero-order chi connectivity index (χ0) is 21.3. The third-order valence-corrected chi connectivity index (χ3v) is 5.87. The Labute approximate surface area is 181 Å². The van der Waals surface area contributed by atoms with E-state index in [9.17, 15) is 14.4 Å². The number of hydrogen-bond donors (Lipinski definition) is 0. The number of carbonyl (C=O) groups is 3. The molecule has 1 aromatic carbocycles. The summed E-state index contributed by atoms with van der Waals surface area (Å²) in [6.45, 7) is 5.95. The van der Waals surface area contributed by atoms with Crippen LogP contribution >= 0.6 is 23.2 Å². The molecule has 0 radical (unpaired) electrons. The number of benzene rings is 1. The van der Waals surface area contributed by atoms with Crippen molar-refractivity contribution in [1.82, 2.24) is 9.80 Å². The van der Waals surface area contributed by atoms with Crippen molar-refractivity contribution in [3.8, 4) is 0 Å². The Morgan fingerprint density at radius 3 is 2.55 bits per heavy atom. The molecular formula is C21H26Cl2N2O4. The molecule has 0 N–H and O–H groups in total. The Morgan fingerprint density at radius 1 is 1.24 bits per heavy atom. The van der Waals surface area contributed by atoms with Crippen LogP contribution in [0.2, 0.25) is 10.0 Å². The summed E-state index contributed by atoms with van der Waals surface area (Å²) >= 11 is 12.4. The van der Waals surface area contributed by atoms with Gasteiger partial charge in [0, 0.05) is 32.1 Å². The maximum Gasteiger partial charge on any atom is 0.410 e. The minimum absolute atomic E-state index is 0.0408. The standard InChI is InChI=1S/C21H26Cl2N2O4/c1-21(2,3)29-20(28)24-10-9-17(26)15(12-24)19(27)25(14-7-8-14)11-13-5-4-6-16(22)18(13)23/h4-6,14-15H,7-12H2,1-3H3. The quantitative estimate of drug-likeness (QED) is 0.654. The molecule has 158 valence electrons. The van der Waals surface area contributed by atoms with Crippen molar-refractivity contribution in [1.29, 1.82) is 0 Å². The SMILES string of the molecule is CC(C)(C)OC(=O)N1CCC(=O)C(C(=O)N(Cc2cccc(Cl)c2Cl)C2CC2)C1. The van der Waals surface area contributed by atoms with E-state index in [0.717, 1.165) is 18.4 Å². The maximum absolute atomic E-state index is 13.3. The molecule has 1 saturated heterocycles. The molecule has 6 nitrogen and oxygen atoms in total. The highest BCUT2D eigenvalue weighted by Gasteiger charge is 2.42. The van der Waals surface area contributed by atoms with Gasteiger partial charge >= 0.3 is 6.09 Å². The van der Waals surface area contributed by atoms with Crippen LogP contribution in [0.5, 0.6) is 0 Å². The van der Waals surface area contributed by atoms with Gasteiger partial charge in [0.1, 0.15) is 17.3 Å². The van der Waals surface area contributed by atoms with E-state index in [4.69, 9.17) is 27.9 Å². The van der Waals surface area contributed by atoms with E-state index in [2.05, 4.69) is 0 Å². The molecule has 1 aliphatic carbocycles. The van der Waals surface area contributed by atoms with Gasteiger partial charge in [0.05, 0.1) is 10.0 Å². The molecule has 8 heteroatoms. The first-order valence-electron chi connectivity index (χ1n) is 9.81. The van der Waals surface area contributed by atoms with Crippen molar-refractivity contribution >= 4 is 41.0 Å². The molecule has 0 spiro atoms. The van der Waals surface area contributed by atoms with E-state index in [-0.39, 0.29) is 37.2 Å². The molecule has 1 atom stereocenters. The van der Waals surface area contributed by atoms with Crippen LogP contribution in [0.15, 0.2) is 18.2 Å². The number of carbonyl (C=O) groups excluding carboxylic acids is 3. The minimum atomic E-state index is -0.880. The molecule has 3 rings (SSSR count). The second kappa shape index (κ2) is 8.52. The Balaban J connectivity index is 1.75. The van der Waals surface area contributed by atoms with Gasteiger partial charge in [-0.2, -0.15) is 0 Å². The first kappa shape index (κ1) is 21.9. The lowest BCUT2D eigenvalue weighted by atomic mass is 9.94. The van der Waals surface area contributed by atoms with E-state index >= 15 is 0 Å². The van der Waals surface area contributed by atoms with Crippen molar-refractivity contribution in [2.45, 2.75) is 58.2 Å². The van der Waals surface area contributed by atoms with E-state index in [1.807, 2.05) is 6.07 Å². The van der Waals surface area contributed by atoms with Crippen LogP contribution in [0.4, 0.5) is 4.79 Å². The summed E-state index contributed by atoms with van der Waals surface area (Å²) in [5, 5.41) is 0.843. The average molecular weight is 441 g/mol. The smallest absolute Gasteiger partial charge is 0.410 e. The van der Waals surface area contributed by atoms with E-state index in [1.165, 1.54) is 4.90 Å². The second-order valence-electron chi connectivity index (χ2n) is 8.61. The van der Waals surface area contributed by atoms with E-state index in [1.54, 1.807) is 37.8 Å². The summed E-state index contributed by atoms with van der Waals surface area (Å²) in [5.74, 6) is -1.28. The highest BCUT2D eigenvalue weighted by Crippen LogP contribution is 2.34. The van der Waals surface area contributed by atoms with Gasteiger partial charge in [-0.1, -0.05) is 35.3 Å². The molecule has 0 bridgehead atoms. The Hall–Kier alpha value is -1.79. The number of nitrogens with zero attached hydrogens (tertiary/aromatic N) is 2. The number of ketones is 1. The fourth-order valence-electron chi connectivity index (χ4n) is 3.37. The van der Waals surface area contributed by atoms with Gasteiger partial charge in [-0.05, 0) is 45.2 Å². The zero-order valence-corrected chi connectivity index (χ0v) is 18.4. The van der Waals surface area contributed by atoms with Crippen LogP contribution in [0.1, 0.15) is 45.6 Å². The number of rotatable bonds is 4. The van der Waals surface area contributed by atoms with Gasteiger partial charge < -0.3 is 14.5 Å². The van der Waals surface area contributed by atoms with Gasteiger partial charge in [0.25, 0.3) is 0 Å². The van der Waals surface area contributed by atoms with Gasteiger partial charge in [-0.3, -0.25) is 9.59 Å². The predicted octanol–water partition coefficient (Wildman–Crippen LogP) is 4.31. The summed E-state index contributed by atoms with van der Waals surface area (Å²) in [6, 6.07) is 5.39. The fourth-order valence-corrected chi connectivity index (χ4v) is 3.75. The average Bonchev–Trinajstić information content (AvgIpc) is 3.46. The second-order valence-corrected chi connectivity index (χ2v) is 9.39. The van der Waals surface area contributed by atoms with Gasteiger partial charge in [0.15, 0.2) is 0 Å². The third kappa shape index (κ3) is 5.43. The molecule has 2 amide bonds. The largest absolute Gasteiger partial charge is 0.444 e. The minimum Gasteiger partial charge on any atom is -0.444 e. The summed E-state index contributed by atoms with van der Waals surface area (Å²) in [6.07, 6.45) is 1.42. The van der Waals surface area contributed by atoms with Gasteiger partial charge in [-0.25, -0.2) is 4.79 Å². The first-order chi connectivity index (χ1) is 13.6. The van der Waals surface area contributed by atoms with Crippen LogP contribution in [0.25, 0.3) is 0 Å². The number of likely N-dealkylation sites (tertiary alicyclic amines) is 1. The number of hydrogen-bond acceptors (Lipinski definition) is 4. The van der Waals surface area contributed by atoms with Crippen LogP contribution in [0, 0.1) is 5.92 Å². The predicted molar refractivity (Wildman–Crippen MR) is 111 cm³/mol. The molecule has 1 saturated carbocycles. The number of ether oxygens (including phenoxy) is 1. The molecule has 29 heavy (non-hydrogen) atoms. The number of Topliss-reactive ketones (excluding diaryl/α,β-unsaturated/α-hetero) is 1. The molecular weight excluding hydrogens is 415 g/mol. The zero-order valence-electron chi connectivity index (χ0n) is 16.9. The Bertz CT molecular complexity index is 817. The summed E-state index contributed by atoms with van der Waals surface area (Å²) in [4.78, 5) is 41.4. The molecule has 0 aromatic heterocycles. The van der Waals surface area contributed by atoms with E-state index < -0.39 is 17.6 Å². The molecule has 1 aliphatic heterocycles. The molecule has 2 aliphatic rings. The lowest BCUT2D eigenvalue weighted by molar-refractivity contribution is -0.144. The van der Waals surface area contributed by atoms with Crippen LogP contribution < -0.4 is 0 Å². The highest BCUT2D eigenvalue weighted by atomic mass is 35.5. The van der Waals surface area contributed by atoms with Gasteiger partial charge in [-0.15, -0.1) is 0 Å². The summed E-state index contributed by atoms with van der Waals surface area (Å²) in [7, 11) is 0. The fraction of sp³-hybridized carbons (Fsp3) is 0.571. The Morgan fingerprint density at radius 2 is 1.93 bits per heavy atom. The molecule has 2 fully saturated rings. The van der Waals surface area contributed by atoms with Crippen molar-refractivity contribution in [2.75, 3.05) is 13.1 Å². The third-order valence-electron chi connectivity index (χ3n) is 5.01. The lowest BCUT2D eigenvalue weighted by Gasteiger charge is -2.35.